The minimum absolute atomic E-state index is 0.541. The molecule has 1 aliphatic rings. The van der Waals surface area contributed by atoms with Crippen molar-refractivity contribution in [2.24, 2.45) is 0 Å². The van der Waals surface area contributed by atoms with Crippen molar-refractivity contribution in [3.05, 3.63) is 72.4 Å². The van der Waals surface area contributed by atoms with Crippen LogP contribution in [0.4, 0.5) is 0 Å². The quantitative estimate of drug-likeness (QED) is 0.504. The molecule has 0 radical (unpaired) electrons. The van der Waals surface area contributed by atoms with Gasteiger partial charge in [0.25, 0.3) is 0 Å². The highest BCUT2D eigenvalue weighted by Gasteiger charge is 2.24. The number of nitrogens with zero attached hydrogens (tertiary/aromatic N) is 3. The number of ether oxygens (including phenoxy) is 1. The molecule has 1 saturated heterocycles. The summed E-state index contributed by atoms with van der Waals surface area (Å²) in [4.78, 5) is 7.07. The first-order chi connectivity index (χ1) is 13.8. The lowest BCUT2D eigenvalue weighted by molar-refractivity contribution is 0.181. The van der Waals surface area contributed by atoms with Crippen LogP contribution in [-0.2, 0) is 6.54 Å². The van der Waals surface area contributed by atoms with Crippen LogP contribution in [-0.4, -0.2) is 34.7 Å². The van der Waals surface area contributed by atoms with Crippen LogP contribution in [0.3, 0.4) is 0 Å². The van der Waals surface area contributed by atoms with Gasteiger partial charge in [-0.05, 0) is 31.0 Å². The predicted octanol–water partition coefficient (Wildman–Crippen LogP) is 5.04. The number of para-hydroxylation sites is 2. The first-order valence-corrected chi connectivity index (χ1v) is 10.0. The second-order valence-electron chi connectivity index (χ2n) is 7.58. The van der Waals surface area contributed by atoms with Crippen molar-refractivity contribution >= 4 is 21.8 Å². The molecule has 0 atom stereocenters. The smallest absolute Gasteiger partial charge is 0.213 e. The Balaban J connectivity index is 1.38. The SMILES string of the molecule is COc1cccc(CN2CCC(n3c4ccccc4c4ccccc43)CC2)n1. The van der Waals surface area contributed by atoms with E-state index in [1.807, 2.05) is 12.1 Å². The van der Waals surface area contributed by atoms with Crippen molar-refractivity contribution in [1.29, 1.82) is 0 Å². The monoisotopic (exact) mass is 371 g/mol. The van der Waals surface area contributed by atoms with E-state index in [0.717, 1.165) is 38.2 Å². The lowest BCUT2D eigenvalue weighted by Gasteiger charge is -2.33. The molecule has 1 fully saturated rings. The lowest BCUT2D eigenvalue weighted by atomic mass is 10.0. The van der Waals surface area contributed by atoms with Crippen LogP contribution in [0.25, 0.3) is 21.8 Å². The summed E-state index contributed by atoms with van der Waals surface area (Å²) in [6.07, 6.45) is 2.32. The first kappa shape index (κ1) is 17.3. The molecule has 2 aromatic heterocycles. The Bertz CT molecular complexity index is 1060. The molecule has 0 spiro atoms. The van der Waals surface area contributed by atoms with Crippen LogP contribution in [0.2, 0.25) is 0 Å². The Morgan fingerprint density at radius 2 is 1.50 bits per heavy atom. The predicted molar refractivity (Wildman–Crippen MR) is 114 cm³/mol. The number of likely N-dealkylation sites (tertiary alicyclic amines) is 1. The van der Waals surface area contributed by atoms with Crippen molar-refractivity contribution in [2.75, 3.05) is 20.2 Å². The highest BCUT2D eigenvalue weighted by atomic mass is 16.5. The Morgan fingerprint density at radius 1 is 0.857 bits per heavy atom. The molecular weight excluding hydrogens is 346 g/mol. The molecule has 0 saturated carbocycles. The fraction of sp³-hybridized carbons (Fsp3) is 0.292. The summed E-state index contributed by atoms with van der Waals surface area (Å²) in [5.74, 6) is 0.692. The standard InChI is InChI=1S/C24H25N3O/c1-28-24-12-6-7-18(25-24)17-26-15-13-19(14-16-26)27-22-10-4-2-8-20(22)21-9-3-5-11-23(21)27/h2-12,19H,13-17H2,1H3. The molecule has 2 aromatic carbocycles. The number of hydrogen-bond acceptors (Lipinski definition) is 3. The van der Waals surface area contributed by atoms with Gasteiger partial charge in [-0.15, -0.1) is 0 Å². The van der Waals surface area contributed by atoms with Crippen LogP contribution in [0.1, 0.15) is 24.6 Å². The Hall–Kier alpha value is -2.85. The molecule has 4 aromatic rings. The highest BCUT2D eigenvalue weighted by Crippen LogP contribution is 2.35. The van der Waals surface area contributed by atoms with E-state index in [9.17, 15) is 0 Å². The maximum absolute atomic E-state index is 5.26. The molecule has 28 heavy (non-hydrogen) atoms. The number of benzene rings is 2. The number of aromatic nitrogens is 2. The zero-order chi connectivity index (χ0) is 18.9. The van der Waals surface area contributed by atoms with Gasteiger partial charge >= 0.3 is 0 Å². The van der Waals surface area contributed by atoms with E-state index in [4.69, 9.17) is 4.74 Å². The second-order valence-corrected chi connectivity index (χ2v) is 7.58. The summed E-state index contributed by atoms with van der Waals surface area (Å²) in [5, 5.41) is 2.72. The number of rotatable bonds is 4. The second kappa shape index (κ2) is 7.28. The Kier molecular flexibility index (Phi) is 4.49. The lowest BCUT2D eigenvalue weighted by Crippen LogP contribution is -2.34. The van der Waals surface area contributed by atoms with Crippen LogP contribution >= 0.6 is 0 Å². The largest absolute Gasteiger partial charge is 0.481 e. The molecule has 4 nitrogen and oxygen atoms in total. The van der Waals surface area contributed by atoms with Gasteiger partial charge in [0, 0.05) is 53.5 Å². The normalized spacial score (nSPS) is 16.0. The molecule has 0 unspecified atom stereocenters. The van der Waals surface area contributed by atoms with Gasteiger partial charge in [0.2, 0.25) is 5.88 Å². The zero-order valence-corrected chi connectivity index (χ0v) is 16.2. The average Bonchev–Trinajstić information content (AvgIpc) is 3.09. The third-order valence-corrected chi connectivity index (χ3v) is 5.92. The van der Waals surface area contributed by atoms with Crippen LogP contribution < -0.4 is 4.74 Å². The van der Waals surface area contributed by atoms with Crippen LogP contribution in [0.15, 0.2) is 66.7 Å². The maximum Gasteiger partial charge on any atom is 0.213 e. The minimum atomic E-state index is 0.541. The van der Waals surface area contributed by atoms with E-state index in [0.29, 0.717) is 11.9 Å². The Morgan fingerprint density at radius 3 is 2.14 bits per heavy atom. The summed E-state index contributed by atoms with van der Waals surface area (Å²) in [5.41, 5.74) is 3.79. The highest BCUT2D eigenvalue weighted by molar-refractivity contribution is 6.08. The van der Waals surface area contributed by atoms with Crippen molar-refractivity contribution in [3.8, 4) is 5.88 Å². The summed E-state index contributed by atoms with van der Waals surface area (Å²) in [7, 11) is 1.67. The molecule has 0 N–H and O–H groups in total. The fourth-order valence-electron chi connectivity index (χ4n) is 4.57. The van der Waals surface area contributed by atoms with Crippen LogP contribution in [0.5, 0.6) is 5.88 Å². The number of piperidine rings is 1. The van der Waals surface area contributed by atoms with Gasteiger partial charge in [-0.3, -0.25) is 4.90 Å². The molecule has 0 aliphatic carbocycles. The fourth-order valence-corrected chi connectivity index (χ4v) is 4.57. The number of hydrogen-bond donors (Lipinski definition) is 0. The van der Waals surface area contributed by atoms with Gasteiger partial charge in [0.15, 0.2) is 0 Å². The first-order valence-electron chi connectivity index (χ1n) is 10.0. The van der Waals surface area contributed by atoms with Crippen molar-refractivity contribution in [2.45, 2.75) is 25.4 Å². The molecular formula is C24H25N3O. The van der Waals surface area contributed by atoms with Gasteiger partial charge in [-0.1, -0.05) is 42.5 Å². The molecule has 1 aliphatic heterocycles. The van der Waals surface area contributed by atoms with Gasteiger partial charge in [0.1, 0.15) is 0 Å². The van der Waals surface area contributed by atoms with Gasteiger partial charge < -0.3 is 9.30 Å². The van der Waals surface area contributed by atoms with Gasteiger partial charge in [-0.25, -0.2) is 4.98 Å². The van der Waals surface area contributed by atoms with Gasteiger partial charge in [-0.2, -0.15) is 0 Å². The Labute approximate surface area is 165 Å². The molecule has 5 rings (SSSR count). The molecule has 3 heterocycles. The average molecular weight is 371 g/mol. The zero-order valence-electron chi connectivity index (χ0n) is 16.2. The number of fused-ring (bicyclic) bond motifs is 3. The van der Waals surface area contributed by atoms with Crippen molar-refractivity contribution in [3.63, 3.8) is 0 Å². The van der Waals surface area contributed by atoms with E-state index >= 15 is 0 Å². The molecule has 4 heteroatoms. The van der Waals surface area contributed by atoms with Crippen molar-refractivity contribution < 1.29 is 4.74 Å². The third kappa shape index (κ3) is 3.04. The van der Waals surface area contributed by atoms with E-state index < -0.39 is 0 Å². The molecule has 0 bridgehead atoms. The summed E-state index contributed by atoms with van der Waals surface area (Å²) in [6.45, 7) is 3.06. The molecule has 142 valence electrons. The van der Waals surface area contributed by atoms with E-state index in [1.54, 1.807) is 7.11 Å². The van der Waals surface area contributed by atoms with Gasteiger partial charge in [0.05, 0.1) is 12.8 Å². The number of methoxy groups -OCH3 is 1. The topological polar surface area (TPSA) is 30.3 Å². The summed E-state index contributed by atoms with van der Waals surface area (Å²) in [6, 6.07) is 24.2. The van der Waals surface area contributed by atoms with Crippen LogP contribution in [0, 0.1) is 0 Å². The maximum atomic E-state index is 5.26. The van der Waals surface area contributed by atoms with Crippen molar-refractivity contribution in [1.82, 2.24) is 14.5 Å². The minimum Gasteiger partial charge on any atom is -0.481 e. The van der Waals surface area contributed by atoms with E-state index in [-0.39, 0.29) is 0 Å². The van der Waals surface area contributed by atoms with E-state index in [2.05, 4.69) is 69.0 Å². The summed E-state index contributed by atoms with van der Waals surface area (Å²) < 4.78 is 7.83. The number of pyridine rings is 1. The third-order valence-electron chi connectivity index (χ3n) is 5.92. The molecule has 0 amide bonds. The summed E-state index contributed by atoms with van der Waals surface area (Å²) >= 11 is 0. The van der Waals surface area contributed by atoms with E-state index in [1.165, 1.54) is 21.8 Å².